The van der Waals surface area contributed by atoms with Crippen molar-refractivity contribution in [3.05, 3.63) is 65.9 Å². The highest BCUT2D eigenvalue weighted by molar-refractivity contribution is 6.32. The summed E-state index contributed by atoms with van der Waals surface area (Å²) in [4.78, 5) is 23.3. The minimum atomic E-state index is -0.448. The van der Waals surface area contributed by atoms with Crippen LogP contribution in [0.3, 0.4) is 0 Å². The maximum Gasteiger partial charge on any atom is 0.258 e. The van der Waals surface area contributed by atoms with Crippen molar-refractivity contribution >= 4 is 28.7 Å². The number of ether oxygens (including phenoxy) is 1. The van der Waals surface area contributed by atoms with Crippen LogP contribution in [-0.2, 0) is 4.79 Å². The van der Waals surface area contributed by atoms with E-state index in [9.17, 15) is 9.18 Å². The molecule has 0 fully saturated rings. The number of amides is 1. The highest BCUT2D eigenvalue weighted by atomic mass is 19.1. The summed E-state index contributed by atoms with van der Waals surface area (Å²) in [6.07, 6.45) is 3.23. The van der Waals surface area contributed by atoms with Gasteiger partial charge < -0.3 is 20.3 Å². The van der Waals surface area contributed by atoms with E-state index in [4.69, 9.17) is 4.74 Å². The van der Waals surface area contributed by atoms with Crippen molar-refractivity contribution < 1.29 is 13.9 Å². The number of pyridine rings is 2. The molecule has 1 amide bonds. The Morgan fingerprint density at radius 1 is 1.16 bits per heavy atom. The van der Waals surface area contributed by atoms with E-state index < -0.39 is 5.82 Å². The molecule has 158 valence electrons. The summed E-state index contributed by atoms with van der Waals surface area (Å²) in [6, 6.07) is 10.1. The van der Waals surface area contributed by atoms with Crippen molar-refractivity contribution in [2.75, 3.05) is 36.7 Å². The highest BCUT2D eigenvalue weighted by Crippen LogP contribution is 2.38. The van der Waals surface area contributed by atoms with Crippen molar-refractivity contribution in [3.63, 3.8) is 0 Å². The summed E-state index contributed by atoms with van der Waals surface area (Å²) < 4.78 is 19.9. The number of carbonyl (C=O) groups is 1. The number of hydrogen-bond acceptors (Lipinski definition) is 6. The smallest absolute Gasteiger partial charge is 0.258 e. The van der Waals surface area contributed by atoms with Gasteiger partial charge in [-0.2, -0.15) is 0 Å². The number of halogens is 1. The molecule has 8 heteroatoms. The van der Waals surface area contributed by atoms with Gasteiger partial charge in [-0.1, -0.05) is 6.07 Å². The van der Waals surface area contributed by atoms with E-state index in [1.807, 2.05) is 38.1 Å². The van der Waals surface area contributed by atoms with Crippen LogP contribution in [0.15, 0.2) is 54.5 Å². The van der Waals surface area contributed by atoms with E-state index in [1.165, 1.54) is 19.4 Å². The molecule has 0 unspecified atom stereocenters. The van der Waals surface area contributed by atoms with Gasteiger partial charge in [0.15, 0.2) is 0 Å². The first-order valence-electron chi connectivity index (χ1n) is 9.65. The molecule has 2 N–H and O–H groups in total. The molecule has 3 aromatic rings. The van der Waals surface area contributed by atoms with Gasteiger partial charge in [0.05, 0.1) is 47.7 Å². The molecule has 1 aliphatic heterocycles. The van der Waals surface area contributed by atoms with E-state index in [2.05, 4.69) is 20.6 Å². The average Bonchev–Trinajstić information content (AvgIpc) is 3.08. The fraction of sp³-hybridized carbons (Fsp3) is 0.174. The first-order valence-corrected chi connectivity index (χ1v) is 9.65. The number of rotatable bonds is 5. The average molecular weight is 419 g/mol. The summed E-state index contributed by atoms with van der Waals surface area (Å²) >= 11 is 0. The molecule has 31 heavy (non-hydrogen) atoms. The normalized spacial score (nSPS) is 14.0. The molecule has 0 saturated carbocycles. The van der Waals surface area contributed by atoms with Crippen LogP contribution in [0.4, 0.5) is 21.6 Å². The maximum absolute atomic E-state index is 14.5. The van der Waals surface area contributed by atoms with Gasteiger partial charge in [-0.3, -0.25) is 9.78 Å². The first kappa shape index (κ1) is 20.3. The fourth-order valence-electron chi connectivity index (χ4n) is 3.50. The molecule has 2 aromatic heterocycles. The molecule has 0 aliphatic carbocycles. The van der Waals surface area contributed by atoms with Gasteiger partial charge in [-0.15, -0.1) is 0 Å². The lowest BCUT2D eigenvalue weighted by atomic mass is 10.0. The van der Waals surface area contributed by atoms with Crippen molar-refractivity contribution in [2.45, 2.75) is 6.92 Å². The number of benzene rings is 1. The number of nitrogens with zero attached hydrogens (tertiary/aromatic N) is 3. The third-order valence-corrected chi connectivity index (χ3v) is 5.01. The number of nitrogens with one attached hydrogen (secondary N) is 2. The lowest BCUT2D eigenvalue weighted by Crippen LogP contribution is -2.11. The number of allylic oxidation sites excluding steroid dienone is 1. The molecule has 1 aliphatic rings. The van der Waals surface area contributed by atoms with Gasteiger partial charge in [0.25, 0.3) is 5.91 Å². The quantitative estimate of drug-likeness (QED) is 0.605. The maximum atomic E-state index is 14.5. The van der Waals surface area contributed by atoms with Crippen LogP contribution in [0.25, 0.3) is 16.8 Å². The van der Waals surface area contributed by atoms with Gasteiger partial charge in [0.1, 0.15) is 17.4 Å². The Morgan fingerprint density at radius 2 is 1.97 bits per heavy atom. The van der Waals surface area contributed by atoms with Crippen LogP contribution in [0.2, 0.25) is 0 Å². The SMILES string of the molecule is COc1cccc(F)c1-c1cc2c(cn1)NC(=O)/C2=C(/C)Nc1ccc(N(C)C)nc1. The molecule has 0 radical (unpaired) electrons. The Kier molecular flexibility index (Phi) is 5.29. The third kappa shape index (κ3) is 3.79. The zero-order valence-electron chi connectivity index (χ0n) is 17.7. The summed E-state index contributed by atoms with van der Waals surface area (Å²) in [5, 5.41) is 6.05. The lowest BCUT2D eigenvalue weighted by molar-refractivity contribution is -0.110. The number of fused-ring (bicyclic) bond motifs is 1. The van der Waals surface area contributed by atoms with Gasteiger partial charge in [-0.05, 0) is 37.3 Å². The summed E-state index contributed by atoms with van der Waals surface area (Å²) in [6.45, 7) is 1.81. The second-order valence-corrected chi connectivity index (χ2v) is 7.31. The monoisotopic (exact) mass is 419 g/mol. The minimum absolute atomic E-state index is 0.251. The van der Waals surface area contributed by atoms with Gasteiger partial charge in [0, 0.05) is 25.4 Å². The Labute approximate surface area is 179 Å². The Morgan fingerprint density at radius 3 is 2.65 bits per heavy atom. The molecule has 7 nitrogen and oxygen atoms in total. The van der Waals surface area contributed by atoms with E-state index in [0.29, 0.717) is 34.0 Å². The number of anilines is 3. The standard InChI is InChI=1S/C23H22FN5O2/c1-13(27-14-8-9-20(26-11-14)29(2)3)21-15-10-17(25-12-18(15)28-23(21)30)22-16(24)6-5-7-19(22)31-4/h5-12,27H,1-4H3,(H,28,30)/b21-13-. The molecule has 1 aromatic carbocycles. The van der Waals surface area contributed by atoms with Gasteiger partial charge in [-0.25, -0.2) is 9.37 Å². The fourth-order valence-corrected chi connectivity index (χ4v) is 3.50. The highest BCUT2D eigenvalue weighted by Gasteiger charge is 2.28. The van der Waals surface area contributed by atoms with E-state index in [1.54, 1.807) is 24.4 Å². The van der Waals surface area contributed by atoms with Gasteiger partial charge in [0.2, 0.25) is 0 Å². The molecule has 0 atom stereocenters. The molecule has 3 heterocycles. The van der Waals surface area contributed by atoms with Crippen molar-refractivity contribution in [1.29, 1.82) is 0 Å². The van der Waals surface area contributed by atoms with Crippen molar-refractivity contribution in [1.82, 2.24) is 9.97 Å². The summed E-state index contributed by atoms with van der Waals surface area (Å²) in [7, 11) is 5.31. The zero-order valence-corrected chi connectivity index (χ0v) is 17.7. The van der Waals surface area contributed by atoms with E-state index in [-0.39, 0.29) is 11.5 Å². The summed E-state index contributed by atoms with van der Waals surface area (Å²) in [5.41, 5.74) is 3.71. The summed E-state index contributed by atoms with van der Waals surface area (Å²) in [5.74, 6) is 0.500. The Bertz CT molecular complexity index is 1190. The number of methoxy groups -OCH3 is 1. The molecular formula is C23H22FN5O2. The second-order valence-electron chi connectivity index (χ2n) is 7.31. The van der Waals surface area contributed by atoms with Crippen LogP contribution < -0.4 is 20.3 Å². The lowest BCUT2D eigenvalue weighted by Gasteiger charge is -2.13. The predicted octanol–water partition coefficient (Wildman–Crippen LogP) is 4.15. The van der Waals surface area contributed by atoms with Crippen molar-refractivity contribution in [2.24, 2.45) is 0 Å². The second kappa shape index (κ2) is 8.06. The van der Waals surface area contributed by atoms with Crippen LogP contribution in [0, 0.1) is 5.82 Å². The van der Waals surface area contributed by atoms with Crippen molar-refractivity contribution in [3.8, 4) is 17.0 Å². The Hall–Kier alpha value is -3.94. The number of aromatic nitrogens is 2. The Balaban J connectivity index is 1.74. The minimum Gasteiger partial charge on any atom is -0.496 e. The van der Waals surface area contributed by atoms with Gasteiger partial charge >= 0.3 is 0 Å². The van der Waals surface area contributed by atoms with E-state index >= 15 is 0 Å². The topological polar surface area (TPSA) is 79.4 Å². The van der Waals surface area contributed by atoms with Crippen LogP contribution in [-0.4, -0.2) is 37.1 Å². The zero-order chi connectivity index (χ0) is 22.1. The third-order valence-electron chi connectivity index (χ3n) is 5.01. The predicted molar refractivity (Wildman–Crippen MR) is 120 cm³/mol. The van der Waals surface area contributed by atoms with Crippen LogP contribution in [0.1, 0.15) is 12.5 Å². The van der Waals surface area contributed by atoms with Crippen LogP contribution >= 0.6 is 0 Å². The number of hydrogen-bond donors (Lipinski definition) is 2. The largest absolute Gasteiger partial charge is 0.496 e. The number of carbonyl (C=O) groups excluding carboxylic acids is 1. The molecule has 0 saturated heterocycles. The van der Waals surface area contributed by atoms with Crippen LogP contribution in [0.5, 0.6) is 5.75 Å². The first-order chi connectivity index (χ1) is 14.9. The molecule has 4 rings (SSSR count). The molecular weight excluding hydrogens is 397 g/mol. The molecule has 0 spiro atoms. The van der Waals surface area contributed by atoms with E-state index in [0.717, 1.165) is 11.5 Å². The molecule has 0 bridgehead atoms.